The molecule has 1 heterocycles. The zero-order valence-electron chi connectivity index (χ0n) is 11.5. The number of carbonyl (C=O) groups is 1. The number of aryl methyl sites for hydroxylation is 1. The van der Waals surface area contributed by atoms with E-state index in [1.807, 2.05) is 31.2 Å². The van der Waals surface area contributed by atoms with Crippen LogP contribution in [0.5, 0.6) is 0 Å². The molecule has 1 aromatic carbocycles. The van der Waals surface area contributed by atoms with E-state index in [2.05, 4.69) is 10.3 Å². The summed E-state index contributed by atoms with van der Waals surface area (Å²) in [5.41, 5.74) is 8.39. The van der Waals surface area contributed by atoms with Crippen molar-refractivity contribution in [1.29, 1.82) is 0 Å². The van der Waals surface area contributed by atoms with Crippen molar-refractivity contribution in [2.45, 2.75) is 13.8 Å². The molecule has 5 heteroatoms. The van der Waals surface area contributed by atoms with E-state index in [1.54, 1.807) is 13.0 Å². The molecule has 0 radical (unpaired) electrons. The fraction of sp³-hybridized carbons (Fsp3) is 0.200. The minimum Gasteiger partial charge on any atom is -0.462 e. The second kappa shape index (κ2) is 6.06. The first kappa shape index (κ1) is 13.9. The van der Waals surface area contributed by atoms with Crippen molar-refractivity contribution < 1.29 is 9.53 Å². The van der Waals surface area contributed by atoms with Gasteiger partial charge in [-0.3, -0.25) is 0 Å². The van der Waals surface area contributed by atoms with Crippen molar-refractivity contribution in [1.82, 2.24) is 4.98 Å². The molecule has 0 bridgehead atoms. The van der Waals surface area contributed by atoms with E-state index < -0.39 is 5.97 Å². The van der Waals surface area contributed by atoms with E-state index >= 15 is 0 Å². The molecule has 0 aliphatic carbocycles. The van der Waals surface area contributed by atoms with Crippen LogP contribution in [0.3, 0.4) is 0 Å². The summed E-state index contributed by atoms with van der Waals surface area (Å²) >= 11 is 0. The number of benzene rings is 1. The third-order valence-corrected chi connectivity index (χ3v) is 2.84. The van der Waals surface area contributed by atoms with Crippen LogP contribution >= 0.6 is 0 Å². The number of nitrogen functional groups attached to an aromatic ring is 1. The Morgan fingerprint density at radius 2 is 2.15 bits per heavy atom. The largest absolute Gasteiger partial charge is 0.462 e. The maximum absolute atomic E-state index is 11.8. The molecule has 3 N–H and O–H groups in total. The SMILES string of the molecule is CCOC(=O)c1cc(Nc2ccccc2C)ncc1N. The fourth-order valence-electron chi connectivity index (χ4n) is 1.77. The number of esters is 1. The zero-order valence-corrected chi connectivity index (χ0v) is 11.5. The fourth-order valence-corrected chi connectivity index (χ4v) is 1.77. The van der Waals surface area contributed by atoms with Crippen LogP contribution in [0.1, 0.15) is 22.8 Å². The lowest BCUT2D eigenvalue weighted by Gasteiger charge is -2.11. The number of rotatable bonds is 4. The Bertz CT molecular complexity index is 626. The predicted octanol–water partition coefficient (Wildman–Crippen LogP) is 2.89. The number of para-hydroxylation sites is 1. The number of nitrogens with one attached hydrogen (secondary N) is 1. The van der Waals surface area contributed by atoms with Crippen LogP contribution in [0, 0.1) is 6.92 Å². The molecule has 1 aromatic heterocycles. The topological polar surface area (TPSA) is 77.2 Å². The molecule has 0 amide bonds. The Morgan fingerprint density at radius 1 is 1.40 bits per heavy atom. The molecule has 0 atom stereocenters. The second-order valence-corrected chi connectivity index (χ2v) is 4.32. The van der Waals surface area contributed by atoms with E-state index in [-0.39, 0.29) is 0 Å². The van der Waals surface area contributed by atoms with Crippen LogP contribution in [0.4, 0.5) is 17.2 Å². The van der Waals surface area contributed by atoms with Gasteiger partial charge in [0.15, 0.2) is 0 Å². The highest BCUT2D eigenvalue weighted by molar-refractivity contribution is 5.95. The summed E-state index contributed by atoms with van der Waals surface area (Å²) in [5.74, 6) is 0.108. The molecule has 2 rings (SSSR count). The number of carbonyl (C=O) groups excluding carboxylic acids is 1. The lowest BCUT2D eigenvalue weighted by atomic mass is 10.2. The van der Waals surface area contributed by atoms with Crippen LogP contribution in [-0.4, -0.2) is 17.6 Å². The molecule has 0 fully saturated rings. The van der Waals surface area contributed by atoms with Gasteiger partial charge in [-0.15, -0.1) is 0 Å². The number of pyridine rings is 1. The van der Waals surface area contributed by atoms with E-state index in [4.69, 9.17) is 10.5 Å². The van der Waals surface area contributed by atoms with Gasteiger partial charge in [0.05, 0.1) is 24.1 Å². The molecular weight excluding hydrogens is 254 g/mol. The van der Waals surface area contributed by atoms with Crippen molar-refractivity contribution in [3.63, 3.8) is 0 Å². The summed E-state index contributed by atoms with van der Waals surface area (Å²) in [6, 6.07) is 9.42. The number of hydrogen-bond donors (Lipinski definition) is 2. The van der Waals surface area contributed by atoms with Crippen LogP contribution < -0.4 is 11.1 Å². The highest BCUT2D eigenvalue weighted by Crippen LogP contribution is 2.21. The Labute approximate surface area is 117 Å². The lowest BCUT2D eigenvalue weighted by Crippen LogP contribution is -2.09. The van der Waals surface area contributed by atoms with Crippen molar-refractivity contribution in [2.75, 3.05) is 17.7 Å². The molecule has 0 unspecified atom stereocenters. The number of nitrogens with zero attached hydrogens (tertiary/aromatic N) is 1. The summed E-state index contributed by atoms with van der Waals surface area (Å²) < 4.78 is 4.96. The van der Waals surface area contributed by atoms with Gasteiger partial charge in [0, 0.05) is 5.69 Å². The van der Waals surface area contributed by atoms with Crippen molar-refractivity contribution >= 4 is 23.2 Å². The minimum atomic E-state index is -0.444. The van der Waals surface area contributed by atoms with E-state index in [0.29, 0.717) is 23.7 Å². The van der Waals surface area contributed by atoms with Gasteiger partial charge < -0.3 is 15.8 Å². The average Bonchev–Trinajstić information content (AvgIpc) is 2.43. The van der Waals surface area contributed by atoms with Gasteiger partial charge in [-0.2, -0.15) is 0 Å². The summed E-state index contributed by atoms with van der Waals surface area (Å²) in [4.78, 5) is 16.0. The highest BCUT2D eigenvalue weighted by atomic mass is 16.5. The Morgan fingerprint density at radius 3 is 2.85 bits per heavy atom. The van der Waals surface area contributed by atoms with Crippen molar-refractivity contribution in [3.8, 4) is 0 Å². The van der Waals surface area contributed by atoms with Crippen LogP contribution in [0.25, 0.3) is 0 Å². The molecule has 20 heavy (non-hydrogen) atoms. The van der Waals surface area contributed by atoms with E-state index in [0.717, 1.165) is 11.3 Å². The third-order valence-electron chi connectivity index (χ3n) is 2.84. The third kappa shape index (κ3) is 3.06. The van der Waals surface area contributed by atoms with E-state index in [1.165, 1.54) is 6.20 Å². The van der Waals surface area contributed by atoms with E-state index in [9.17, 15) is 4.79 Å². The van der Waals surface area contributed by atoms with Crippen LogP contribution in [-0.2, 0) is 4.74 Å². The van der Waals surface area contributed by atoms with Gasteiger partial charge in [0.1, 0.15) is 5.82 Å². The monoisotopic (exact) mass is 271 g/mol. The lowest BCUT2D eigenvalue weighted by molar-refractivity contribution is 0.0527. The molecule has 104 valence electrons. The number of ether oxygens (including phenoxy) is 1. The van der Waals surface area contributed by atoms with Crippen molar-refractivity contribution in [3.05, 3.63) is 47.7 Å². The summed E-state index contributed by atoms with van der Waals surface area (Å²) in [6.45, 7) is 4.05. The van der Waals surface area contributed by atoms with Gasteiger partial charge in [-0.25, -0.2) is 9.78 Å². The van der Waals surface area contributed by atoms with Crippen LogP contribution in [0.15, 0.2) is 36.5 Å². The maximum Gasteiger partial charge on any atom is 0.340 e. The Hall–Kier alpha value is -2.56. The summed E-state index contributed by atoms with van der Waals surface area (Å²) in [6.07, 6.45) is 1.45. The zero-order chi connectivity index (χ0) is 14.5. The summed E-state index contributed by atoms with van der Waals surface area (Å²) in [7, 11) is 0. The Balaban J connectivity index is 2.28. The molecular formula is C15H17N3O2. The first-order chi connectivity index (χ1) is 9.61. The maximum atomic E-state index is 11.8. The highest BCUT2D eigenvalue weighted by Gasteiger charge is 2.12. The molecule has 5 nitrogen and oxygen atoms in total. The van der Waals surface area contributed by atoms with Crippen molar-refractivity contribution in [2.24, 2.45) is 0 Å². The number of aromatic nitrogens is 1. The number of anilines is 3. The van der Waals surface area contributed by atoms with Gasteiger partial charge in [0.2, 0.25) is 0 Å². The standard InChI is InChI=1S/C15H17N3O2/c1-3-20-15(19)11-8-14(17-9-12(11)16)18-13-7-5-4-6-10(13)2/h4-9H,3,16H2,1-2H3,(H,17,18). The van der Waals surface area contributed by atoms with Gasteiger partial charge >= 0.3 is 5.97 Å². The molecule has 0 spiro atoms. The number of hydrogen-bond acceptors (Lipinski definition) is 5. The molecule has 0 saturated heterocycles. The minimum absolute atomic E-state index is 0.304. The predicted molar refractivity (Wildman–Crippen MR) is 79.1 cm³/mol. The van der Waals surface area contributed by atoms with Crippen LogP contribution in [0.2, 0.25) is 0 Å². The van der Waals surface area contributed by atoms with Gasteiger partial charge in [0.25, 0.3) is 0 Å². The number of nitrogens with two attached hydrogens (primary N) is 1. The summed E-state index contributed by atoms with van der Waals surface area (Å²) in [5, 5.41) is 3.16. The quantitative estimate of drug-likeness (QED) is 0.836. The normalized spacial score (nSPS) is 10.1. The Kier molecular flexibility index (Phi) is 4.20. The average molecular weight is 271 g/mol. The van der Waals surface area contributed by atoms with Gasteiger partial charge in [-0.05, 0) is 31.5 Å². The smallest absolute Gasteiger partial charge is 0.340 e. The first-order valence-corrected chi connectivity index (χ1v) is 6.37. The molecule has 2 aromatic rings. The molecule has 0 aliphatic heterocycles. The molecule has 0 saturated carbocycles. The van der Waals surface area contributed by atoms with Gasteiger partial charge in [-0.1, -0.05) is 18.2 Å². The second-order valence-electron chi connectivity index (χ2n) is 4.32. The molecule has 0 aliphatic rings. The first-order valence-electron chi connectivity index (χ1n) is 6.37.